The Morgan fingerprint density at radius 3 is 2.92 bits per heavy atom. The highest BCUT2D eigenvalue weighted by Crippen LogP contribution is 2.36. The highest BCUT2D eigenvalue weighted by atomic mass is 32.2. The summed E-state index contributed by atoms with van der Waals surface area (Å²) < 4.78 is 5.70. The Morgan fingerprint density at radius 1 is 1.20 bits per heavy atom. The van der Waals surface area contributed by atoms with Gasteiger partial charge in [-0.05, 0) is 30.2 Å². The second kappa shape index (κ2) is 6.80. The smallest absolute Gasteiger partial charge is 0.266 e. The molecule has 0 spiro atoms. The number of rotatable bonds is 3. The van der Waals surface area contributed by atoms with Gasteiger partial charge in [-0.15, -0.1) is 11.8 Å². The third-order valence-corrected chi connectivity index (χ3v) is 5.49. The Bertz CT molecular complexity index is 824. The fraction of sp³-hybridized carbons (Fsp3) is 0.263. The van der Waals surface area contributed by atoms with E-state index in [-0.39, 0.29) is 24.3 Å². The van der Waals surface area contributed by atoms with Crippen molar-refractivity contribution in [3.63, 3.8) is 0 Å². The van der Waals surface area contributed by atoms with Crippen LogP contribution < -0.4 is 15.4 Å². The van der Waals surface area contributed by atoms with Gasteiger partial charge in [0.05, 0.1) is 18.2 Å². The molecule has 2 N–H and O–H groups in total. The monoisotopic (exact) mass is 354 g/mol. The third-order valence-electron chi connectivity index (χ3n) is 4.37. The van der Waals surface area contributed by atoms with Crippen LogP contribution in [0.1, 0.15) is 24.4 Å². The zero-order valence-electron chi connectivity index (χ0n) is 13.5. The SMILES string of the molecule is O=C(C[C@@H]1Oc2ccccc2NC1=O)N[C@@H]1CCSc2ccccc21. The van der Waals surface area contributed by atoms with E-state index in [0.29, 0.717) is 11.4 Å². The molecular formula is C19H18N2O3S. The lowest BCUT2D eigenvalue weighted by atomic mass is 10.0. The van der Waals surface area contributed by atoms with Crippen molar-refractivity contribution in [3.05, 3.63) is 54.1 Å². The fourth-order valence-electron chi connectivity index (χ4n) is 3.14. The molecule has 2 heterocycles. The van der Waals surface area contributed by atoms with Gasteiger partial charge in [0, 0.05) is 10.6 Å². The standard InChI is InChI=1S/C19H18N2O3S/c22-18(20-13-9-10-25-17-8-4-1-5-12(13)17)11-16-19(23)21-14-6-2-3-7-15(14)24-16/h1-8,13,16H,9-11H2,(H,20,22)(H,21,23)/t13-,16+/m1/s1. The summed E-state index contributed by atoms with van der Waals surface area (Å²) in [6, 6.07) is 15.3. The maximum absolute atomic E-state index is 12.5. The van der Waals surface area contributed by atoms with Crippen LogP contribution in [0.5, 0.6) is 5.75 Å². The Balaban J connectivity index is 1.43. The molecule has 2 aliphatic heterocycles. The molecule has 0 radical (unpaired) electrons. The number of thioether (sulfide) groups is 1. The Morgan fingerprint density at radius 2 is 2.00 bits per heavy atom. The molecule has 2 aliphatic rings. The van der Waals surface area contributed by atoms with Gasteiger partial charge in [0.25, 0.3) is 5.91 Å². The maximum Gasteiger partial charge on any atom is 0.266 e. The minimum Gasteiger partial charge on any atom is -0.478 e. The first-order valence-electron chi connectivity index (χ1n) is 8.28. The number of carbonyl (C=O) groups excluding carboxylic acids is 2. The molecule has 0 saturated carbocycles. The summed E-state index contributed by atoms with van der Waals surface area (Å²) in [7, 11) is 0. The molecule has 5 nitrogen and oxygen atoms in total. The molecule has 0 fully saturated rings. The number of anilines is 1. The predicted octanol–water partition coefficient (Wildman–Crippen LogP) is 3.13. The highest BCUT2D eigenvalue weighted by molar-refractivity contribution is 7.99. The highest BCUT2D eigenvalue weighted by Gasteiger charge is 2.31. The van der Waals surface area contributed by atoms with E-state index in [2.05, 4.69) is 16.7 Å². The van der Waals surface area contributed by atoms with Crippen LogP contribution >= 0.6 is 11.8 Å². The van der Waals surface area contributed by atoms with Crippen LogP contribution in [0.25, 0.3) is 0 Å². The molecule has 2 aromatic carbocycles. The number of benzene rings is 2. The van der Waals surface area contributed by atoms with E-state index < -0.39 is 6.10 Å². The van der Waals surface area contributed by atoms with E-state index in [0.717, 1.165) is 17.7 Å². The maximum atomic E-state index is 12.5. The van der Waals surface area contributed by atoms with Crippen molar-refractivity contribution in [1.29, 1.82) is 0 Å². The van der Waals surface area contributed by atoms with E-state index in [1.165, 1.54) is 4.90 Å². The predicted molar refractivity (Wildman–Crippen MR) is 96.8 cm³/mol. The lowest BCUT2D eigenvalue weighted by Gasteiger charge is -2.28. The largest absolute Gasteiger partial charge is 0.478 e. The van der Waals surface area contributed by atoms with Crippen LogP contribution in [0.15, 0.2) is 53.4 Å². The summed E-state index contributed by atoms with van der Waals surface area (Å²) in [6.07, 6.45) is 0.0862. The molecule has 2 atom stereocenters. The van der Waals surface area contributed by atoms with Crippen LogP contribution in [0, 0.1) is 0 Å². The van der Waals surface area contributed by atoms with Crippen molar-refractivity contribution < 1.29 is 14.3 Å². The molecule has 128 valence electrons. The van der Waals surface area contributed by atoms with Crippen molar-refractivity contribution in [2.45, 2.75) is 29.9 Å². The van der Waals surface area contributed by atoms with Crippen molar-refractivity contribution in [2.24, 2.45) is 0 Å². The zero-order chi connectivity index (χ0) is 17.2. The number of ether oxygens (including phenoxy) is 1. The number of hydrogen-bond acceptors (Lipinski definition) is 4. The van der Waals surface area contributed by atoms with Gasteiger partial charge in [-0.3, -0.25) is 9.59 Å². The molecule has 0 unspecified atom stereocenters. The summed E-state index contributed by atoms with van der Waals surface area (Å²) >= 11 is 1.81. The quantitative estimate of drug-likeness (QED) is 0.889. The fourth-order valence-corrected chi connectivity index (χ4v) is 4.27. The number of para-hydroxylation sites is 2. The zero-order valence-corrected chi connectivity index (χ0v) is 14.3. The van der Waals surface area contributed by atoms with Crippen LogP contribution in [0.2, 0.25) is 0 Å². The minimum atomic E-state index is -0.803. The van der Waals surface area contributed by atoms with Gasteiger partial charge >= 0.3 is 0 Å². The molecule has 2 amide bonds. The topological polar surface area (TPSA) is 67.4 Å². The molecule has 0 aliphatic carbocycles. The molecule has 4 rings (SSSR count). The van der Waals surface area contributed by atoms with Crippen LogP contribution in [0.4, 0.5) is 5.69 Å². The van der Waals surface area contributed by atoms with Gasteiger partial charge < -0.3 is 15.4 Å². The summed E-state index contributed by atoms with van der Waals surface area (Å²) in [4.78, 5) is 25.8. The molecular weight excluding hydrogens is 336 g/mol. The van der Waals surface area contributed by atoms with E-state index in [1.807, 2.05) is 42.1 Å². The van der Waals surface area contributed by atoms with Gasteiger partial charge in [-0.1, -0.05) is 30.3 Å². The lowest BCUT2D eigenvalue weighted by Crippen LogP contribution is -2.42. The second-order valence-electron chi connectivity index (χ2n) is 6.09. The van der Waals surface area contributed by atoms with Crippen molar-refractivity contribution in [3.8, 4) is 5.75 Å². The number of nitrogens with one attached hydrogen (secondary N) is 2. The second-order valence-corrected chi connectivity index (χ2v) is 7.23. The number of hydrogen-bond donors (Lipinski definition) is 2. The van der Waals surface area contributed by atoms with E-state index >= 15 is 0 Å². The number of carbonyl (C=O) groups is 2. The average molecular weight is 354 g/mol. The van der Waals surface area contributed by atoms with Crippen molar-refractivity contribution in [2.75, 3.05) is 11.1 Å². The van der Waals surface area contributed by atoms with Crippen LogP contribution in [0.3, 0.4) is 0 Å². The molecule has 2 aromatic rings. The van der Waals surface area contributed by atoms with Gasteiger partial charge in [-0.25, -0.2) is 0 Å². The van der Waals surface area contributed by atoms with Gasteiger partial charge in [0.15, 0.2) is 6.10 Å². The lowest BCUT2D eigenvalue weighted by molar-refractivity contribution is -0.130. The Labute approximate surface area is 150 Å². The van der Waals surface area contributed by atoms with Crippen molar-refractivity contribution >= 4 is 29.3 Å². The van der Waals surface area contributed by atoms with Crippen LogP contribution in [-0.2, 0) is 9.59 Å². The van der Waals surface area contributed by atoms with E-state index in [9.17, 15) is 9.59 Å². The first-order chi connectivity index (χ1) is 12.2. The van der Waals surface area contributed by atoms with Gasteiger partial charge in [-0.2, -0.15) is 0 Å². The first kappa shape index (κ1) is 16.0. The Kier molecular flexibility index (Phi) is 4.36. The summed E-state index contributed by atoms with van der Waals surface area (Å²) in [5.41, 5.74) is 1.79. The summed E-state index contributed by atoms with van der Waals surface area (Å²) in [5, 5.41) is 5.84. The van der Waals surface area contributed by atoms with Crippen molar-refractivity contribution in [1.82, 2.24) is 5.32 Å². The van der Waals surface area contributed by atoms with Crippen LogP contribution in [-0.4, -0.2) is 23.7 Å². The molecule has 0 saturated heterocycles. The van der Waals surface area contributed by atoms with Gasteiger partial charge in [0.2, 0.25) is 5.91 Å². The minimum absolute atomic E-state index is 0.00593. The average Bonchev–Trinajstić information content (AvgIpc) is 2.63. The number of fused-ring (bicyclic) bond motifs is 2. The molecule has 0 aromatic heterocycles. The third kappa shape index (κ3) is 3.35. The Hall–Kier alpha value is -2.47. The summed E-state index contributed by atoms with van der Waals surface area (Å²) in [5.74, 6) is 1.11. The van der Waals surface area contributed by atoms with E-state index in [4.69, 9.17) is 4.74 Å². The van der Waals surface area contributed by atoms with E-state index in [1.54, 1.807) is 12.1 Å². The molecule has 25 heavy (non-hydrogen) atoms. The molecule has 6 heteroatoms. The number of amides is 2. The van der Waals surface area contributed by atoms with Gasteiger partial charge in [0.1, 0.15) is 5.75 Å². The normalized spacial score (nSPS) is 21.4. The molecule has 0 bridgehead atoms. The summed E-state index contributed by atoms with van der Waals surface area (Å²) in [6.45, 7) is 0. The first-order valence-corrected chi connectivity index (χ1v) is 9.27.